The molecule has 1 aliphatic rings. The third kappa shape index (κ3) is 8.04. The molecule has 3 N–H and O–H groups in total. The van der Waals surface area contributed by atoms with E-state index in [2.05, 4.69) is 25.9 Å². The lowest BCUT2D eigenvalue weighted by molar-refractivity contribution is -0.137. The number of carbonyl (C=O) groups excluding carboxylic acids is 4. The number of aryl methyl sites for hydroxylation is 1. The van der Waals surface area contributed by atoms with E-state index in [-0.39, 0.29) is 30.3 Å². The smallest absolute Gasteiger partial charge is 0.270 e. The monoisotopic (exact) mass is 591 g/mol. The van der Waals surface area contributed by atoms with Crippen LogP contribution < -0.4 is 16.0 Å². The Labute approximate surface area is 250 Å². The number of hydrogen-bond acceptors (Lipinski definition) is 6. The third-order valence-electron chi connectivity index (χ3n) is 7.42. The van der Waals surface area contributed by atoms with E-state index in [0.717, 1.165) is 13.1 Å². The van der Waals surface area contributed by atoms with Crippen LogP contribution in [0.4, 0.5) is 10.1 Å². The van der Waals surface area contributed by atoms with Crippen LogP contribution in [0.25, 0.3) is 0 Å². The van der Waals surface area contributed by atoms with Gasteiger partial charge in [-0.25, -0.2) is 4.39 Å². The summed E-state index contributed by atoms with van der Waals surface area (Å²) in [6, 6.07) is 12.5. The average molecular weight is 592 g/mol. The molecular weight excluding hydrogens is 553 g/mol. The van der Waals surface area contributed by atoms with Gasteiger partial charge < -0.3 is 25.8 Å². The molecule has 2 aromatic carbocycles. The summed E-state index contributed by atoms with van der Waals surface area (Å²) in [6.45, 7) is 6.58. The first-order valence-corrected chi connectivity index (χ1v) is 14.4. The Kier molecular flexibility index (Phi) is 10.6. The molecular formula is C31H38FN7O4. The Morgan fingerprint density at radius 3 is 2.33 bits per heavy atom. The van der Waals surface area contributed by atoms with E-state index in [4.69, 9.17) is 0 Å². The number of anilines is 1. The minimum absolute atomic E-state index is 0.0814. The standard InChI is InChI=1S/C31H38FN7O4/c1-4-27(40)34-25(31(43)38-17-15-37(3)16-18-38)20-21-11-12-24(23(32)19-21)35-30(42)28(22-9-7-6-8-10-22)36-29(41)26-13-14-33-39(26)5-2/h6-14,19,25,28H,4-5,15-18,20H2,1-3H3,(H,34,40)(H,35,42)(H,36,41)/t25-,28+/m1/s1. The molecule has 1 aromatic heterocycles. The molecule has 1 fully saturated rings. The number of likely N-dealkylation sites (N-methyl/N-ethyl adjacent to an activating group) is 1. The highest BCUT2D eigenvalue weighted by atomic mass is 19.1. The zero-order valence-corrected chi connectivity index (χ0v) is 24.7. The van der Waals surface area contributed by atoms with Crippen LogP contribution in [0.2, 0.25) is 0 Å². The Morgan fingerprint density at radius 2 is 1.67 bits per heavy atom. The molecule has 12 heteroatoms. The summed E-state index contributed by atoms with van der Waals surface area (Å²) in [5.74, 6) is -2.32. The van der Waals surface area contributed by atoms with Crippen LogP contribution in [-0.2, 0) is 27.3 Å². The normalized spacial score (nSPS) is 14.9. The van der Waals surface area contributed by atoms with Crippen LogP contribution in [0.15, 0.2) is 60.8 Å². The molecule has 0 saturated carbocycles. The van der Waals surface area contributed by atoms with Crippen LogP contribution in [0, 0.1) is 5.82 Å². The predicted molar refractivity (Wildman–Crippen MR) is 160 cm³/mol. The molecule has 0 aliphatic carbocycles. The van der Waals surface area contributed by atoms with Gasteiger partial charge in [-0.2, -0.15) is 5.10 Å². The quantitative estimate of drug-likeness (QED) is 0.314. The van der Waals surface area contributed by atoms with Gasteiger partial charge in [0.25, 0.3) is 11.8 Å². The molecule has 0 bridgehead atoms. The summed E-state index contributed by atoms with van der Waals surface area (Å²) in [6.07, 6.45) is 1.81. The fourth-order valence-electron chi connectivity index (χ4n) is 4.90. The molecule has 11 nitrogen and oxygen atoms in total. The van der Waals surface area contributed by atoms with E-state index in [9.17, 15) is 19.2 Å². The highest BCUT2D eigenvalue weighted by Gasteiger charge is 2.29. The molecule has 0 unspecified atom stereocenters. The summed E-state index contributed by atoms with van der Waals surface area (Å²) in [5, 5.41) is 12.2. The van der Waals surface area contributed by atoms with Crippen molar-refractivity contribution in [2.24, 2.45) is 0 Å². The second-order valence-electron chi connectivity index (χ2n) is 10.5. The summed E-state index contributed by atoms with van der Waals surface area (Å²) in [4.78, 5) is 55.8. The molecule has 0 spiro atoms. The van der Waals surface area contributed by atoms with Gasteiger partial charge in [0.2, 0.25) is 11.8 Å². The summed E-state index contributed by atoms with van der Waals surface area (Å²) in [7, 11) is 1.99. The molecule has 1 saturated heterocycles. The van der Waals surface area contributed by atoms with Crippen molar-refractivity contribution in [1.29, 1.82) is 0 Å². The minimum atomic E-state index is -1.11. The van der Waals surface area contributed by atoms with E-state index in [1.54, 1.807) is 54.3 Å². The zero-order chi connectivity index (χ0) is 30.9. The van der Waals surface area contributed by atoms with Gasteiger partial charge in [-0.05, 0) is 43.3 Å². The van der Waals surface area contributed by atoms with Gasteiger partial charge in [0.1, 0.15) is 23.6 Å². The number of halogens is 1. The number of nitrogens with zero attached hydrogens (tertiary/aromatic N) is 4. The fraction of sp³-hybridized carbons (Fsp3) is 0.387. The largest absolute Gasteiger partial charge is 0.344 e. The zero-order valence-electron chi connectivity index (χ0n) is 24.7. The number of amides is 4. The molecule has 1 aliphatic heterocycles. The van der Waals surface area contributed by atoms with Crippen molar-refractivity contribution in [2.75, 3.05) is 38.5 Å². The molecule has 2 atom stereocenters. The summed E-state index contributed by atoms with van der Waals surface area (Å²) in [5.41, 5.74) is 1.22. The highest BCUT2D eigenvalue weighted by Crippen LogP contribution is 2.21. The van der Waals surface area contributed by atoms with Crippen molar-refractivity contribution in [3.8, 4) is 0 Å². The second-order valence-corrected chi connectivity index (χ2v) is 10.5. The van der Waals surface area contributed by atoms with Crippen LogP contribution >= 0.6 is 0 Å². The number of hydrogen-bond donors (Lipinski definition) is 3. The first kappa shape index (κ1) is 31.4. The van der Waals surface area contributed by atoms with Gasteiger partial charge in [0.05, 0.1) is 5.69 Å². The predicted octanol–water partition coefficient (Wildman–Crippen LogP) is 2.36. The first-order chi connectivity index (χ1) is 20.7. The maximum absolute atomic E-state index is 15.3. The van der Waals surface area contributed by atoms with Gasteiger partial charge in [-0.15, -0.1) is 0 Å². The van der Waals surface area contributed by atoms with E-state index in [1.165, 1.54) is 23.0 Å². The van der Waals surface area contributed by atoms with E-state index >= 15 is 4.39 Å². The van der Waals surface area contributed by atoms with Crippen molar-refractivity contribution in [3.05, 3.63) is 83.4 Å². The Bertz CT molecular complexity index is 1440. The molecule has 2 heterocycles. The minimum Gasteiger partial charge on any atom is -0.344 e. The SMILES string of the molecule is CCC(=O)N[C@H](Cc1ccc(NC(=O)[C@@H](NC(=O)c2ccnn2CC)c2ccccc2)c(F)c1)C(=O)N1CCN(C)CC1. The Morgan fingerprint density at radius 1 is 0.953 bits per heavy atom. The lowest BCUT2D eigenvalue weighted by Crippen LogP contribution is -2.54. The average Bonchev–Trinajstić information content (AvgIpc) is 3.50. The number of benzene rings is 2. The van der Waals surface area contributed by atoms with E-state index < -0.39 is 29.7 Å². The topological polar surface area (TPSA) is 129 Å². The maximum atomic E-state index is 15.3. The van der Waals surface area contributed by atoms with Crippen LogP contribution in [-0.4, -0.2) is 82.5 Å². The van der Waals surface area contributed by atoms with Crippen molar-refractivity contribution < 1.29 is 23.6 Å². The van der Waals surface area contributed by atoms with Gasteiger partial charge in [0, 0.05) is 51.8 Å². The van der Waals surface area contributed by atoms with Crippen molar-refractivity contribution in [3.63, 3.8) is 0 Å². The number of nitrogens with one attached hydrogen (secondary N) is 3. The molecule has 4 amide bonds. The van der Waals surface area contributed by atoms with E-state index in [0.29, 0.717) is 36.5 Å². The van der Waals surface area contributed by atoms with Crippen LogP contribution in [0.3, 0.4) is 0 Å². The number of carbonyl (C=O) groups is 4. The number of piperazine rings is 1. The van der Waals surface area contributed by atoms with Crippen molar-refractivity contribution in [1.82, 2.24) is 30.2 Å². The number of aromatic nitrogens is 2. The lowest BCUT2D eigenvalue weighted by atomic mass is 10.0. The molecule has 0 radical (unpaired) electrons. The van der Waals surface area contributed by atoms with Crippen molar-refractivity contribution >= 4 is 29.3 Å². The lowest BCUT2D eigenvalue weighted by Gasteiger charge is -2.34. The number of rotatable bonds is 11. The Hall–Kier alpha value is -4.58. The third-order valence-corrected chi connectivity index (χ3v) is 7.42. The van der Waals surface area contributed by atoms with E-state index in [1.807, 2.05) is 14.0 Å². The second kappa shape index (κ2) is 14.5. The summed E-state index contributed by atoms with van der Waals surface area (Å²) >= 11 is 0. The van der Waals surface area contributed by atoms with Crippen LogP contribution in [0.1, 0.15) is 47.9 Å². The Balaban J connectivity index is 1.50. The maximum Gasteiger partial charge on any atom is 0.270 e. The van der Waals surface area contributed by atoms with Gasteiger partial charge in [-0.1, -0.05) is 43.3 Å². The van der Waals surface area contributed by atoms with Crippen LogP contribution in [0.5, 0.6) is 0 Å². The molecule has 3 aromatic rings. The molecule has 228 valence electrons. The van der Waals surface area contributed by atoms with Crippen molar-refractivity contribution in [2.45, 2.75) is 45.3 Å². The van der Waals surface area contributed by atoms with Gasteiger partial charge in [0.15, 0.2) is 0 Å². The van der Waals surface area contributed by atoms with Gasteiger partial charge in [-0.3, -0.25) is 23.9 Å². The molecule has 4 rings (SSSR count). The van der Waals surface area contributed by atoms with Gasteiger partial charge >= 0.3 is 0 Å². The molecule has 43 heavy (non-hydrogen) atoms. The first-order valence-electron chi connectivity index (χ1n) is 14.4. The fourth-order valence-corrected chi connectivity index (χ4v) is 4.90. The highest BCUT2D eigenvalue weighted by molar-refractivity contribution is 6.01. The summed E-state index contributed by atoms with van der Waals surface area (Å²) < 4.78 is 16.8.